The second-order valence-corrected chi connectivity index (χ2v) is 8.42. The van der Waals surface area contributed by atoms with Crippen LogP contribution >= 0.6 is 0 Å². The summed E-state index contributed by atoms with van der Waals surface area (Å²) in [6.07, 6.45) is 14.5. The first-order valence-electron chi connectivity index (χ1n) is 10.4. The van der Waals surface area contributed by atoms with Gasteiger partial charge in [-0.3, -0.25) is 4.79 Å². The molecule has 4 heteroatoms. The molecule has 0 saturated heterocycles. The minimum atomic E-state index is -0.437. The van der Waals surface area contributed by atoms with E-state index in [9.17, 15) is 4.79 Å². The predicted molar refractivity (Wildman–Crippen MR) is 107 cm³/mol. The van der Waals surface area contributed by atoms with Crippen LogP contribution in [-0.2, 0) is 9.63 Å². The van der Waals surface area contributed by atoms with Crippen LogP contribution in [0.2, 0.25) is 0 Å². The van der Waals surface area contributed by atoms with Gasteiger partial charge in [0.05, 0.1) is 13.0 Å². The number of hydrogen-bond donors (Lipinski definition) is 1. The first-order valence-corrected chi connectivity index (χ1v) is 10.4. The van der Waals surface area contributed by atoms with E-state index in [4.69, 9.17) is 10.6 Å². The third-order valence-corrected chi connectivity index (χ3v) is 6.68. The minimum absolute atomic E-state index is 0.0971. The number of allylic oxidation sites excluding steroid dienone is 1. The van der Waals surface area contributed by atoms with Crippen molar-refractivity contribution in [3.8, 4) is 5.75 Å². The van der Waals surface area contributed by atoms with Crippen molar-refractivity contribution in [3.63, 3.8) is 0 Å². The second-order valence-electron chi connectivity index (χ2n) is 8.42. The Labute approximate surface area is 163 Å². The molecule has 148 valence electrons. The maximum absolute atomic E-state index is 11.4. The average molecular weight is 372 g/mol. The van der Waals surface area contributed by atoms with E-state index in [1.165, 1.54) is 57.8 Å². The van der Waals surface area contributed by atoms with Crippen molar-refractivity contribution in [2.45, 2.75) is 70.1 Å². The number of nitrogens with two attached hydrogens (primary N) is 1. The lowest BCUT2D eigenvalue weighted by atomic mass is 9.63. The summed E-state index contributed by atoms with van der Waals surface area (Å²) in [5, 5.41) is 0. The fraction of sp³-hybridized carbons (Fsp3) is 0.609. The second kappa shape index (κ2) is 9.41. The van der Waals surface area contributed by atoms with E-state index >= 15 is 0 Å². The highest BCUT2D eigenvalue weighted by Gasteiger charge is 2.36. The maximum atomic E-state index is 11.4. The Morgan fingerprint density at radius 3 is 2.41 bits per heavy atom. The summed E-state index contributed by atoms with van der Waals surface area (Å²) in [4.78, 5) is 15.7. The zero-order valence-electron chi connectivity index (χ0n) is 16.3. The Morgan fingerprint density at radius 2 is 1.81 bits per heavy atom. The van der Waals surface area contributed by atoms with Crippen LogP contribution in [0.4, 0.5) is 0 Å². The highest BCUT2D eigenvalue weighted by atomic mass is 16.7. The Morgan fingerprint density at radius 1 is 1.15 bits per heavy atom. The van der Waals surface area contributed by atoms with Gasteiger partial charge in [0, 0.05) is 5.92 Å². The van der Waals surface area contributed by atoms with Gasteiger partial charge in [0.15, 0.2) is 0 Å². The normalized spacial score (nSPS) is 20.8. The molecule has 2 aliphatic rings. The lowest BCUT2D eigenvalue weighted by molar-refractivity contribution is -0.144. The topological polar surface area (TPSA) is 61.5 Å². The standard InChI is InChI=1S/C23H33NO3/c1-2-19(16-22(25)27-24)20-6-8-21(9-7-20)26-17-18-10-14-23(15-11-18)12-4-3-5-13-23/h2,6-9,18-19H,1,3-5,10-17,24H2/t19-/m0/s1. The van der Waals surface area contributed by atoms with Crippen molar-refractivity contribution in [2.24, 2.45) is 17.2 Å². The third kappa shape index (κ3) is 5.35. The number of rotatable bonds is 7. The lowest BCUT2D eigenvalue weighted by Crippen LogP contribution is -2.31. The summed E-state index contributed by atoms with van der Waals surface area (Å²) in [6.45, 7) is 4.61. The first kappa shape index (κ1) is 19.9. The monoisotopic (exact) mass is 371 g/mol. The van der Waals surface area contributed by atoms with Gasteiger partial charge >= 0.3 is 5.97 Å². The molecule has 1 aromatic carbocycles. The summed E-state index contributed by atoms with van der Waals surface area (Å²) < 4.78 is 6.05. The van der Waals surface area contributed by atoms with Gasteiger partial charge in [-0.1, -0.05) is 37.5 Å². The molecule has 0 amide bonds. The third-order valence-electron chi connectivity index (χ3n) is 6.68. The zero-order chi connectivity index (χ0) is 19.1. The Kier molecular flexibility index (Phi) is 6.95. The van der Waals surface area contributed by atoms with E-state index in [0.29, 0.717) is 11.3 Å². The number of carbonyl (C=O) groups excluding carboxylic acids is 1. The molecule has 0 bridgehead atoms. The summed E-state index contributed by atoms with van der Waals surface area (Å²) >= 11 is 0. The van der Waals surface area contributed by atoms with Gasteiger partial charge in [-0.15, -0.1) is 6.58 Å². The molecular weight excluding hydrogens is 338 g/mol. The van der Waals surface area contributed by atoms with E-state index in [2.05, 4.69) is 11.4 Å². The van der Waals surface area contributed by atoms with Gasteiger partial charge in [0.2, 0.25) is 0 Å². The van der Waals surface area contributed by atoms with Crippen LogP contribution < -0.4 is 10.6 Å². The minimum Gasteiger partial charge on any atom is -0.493 e. The van der Waals surface area contributed by atoms with Crippen LogP contribution in [0.25, 0.3) is 0 Å². The van der Waals surface area contributed by atoms with Crippen molar-refractivity contribution in [3.05, 3.63) is 42.5 Å². The van der Waals surface area contributed by atoms with Crippen molar-refractivity contribution < 1.29 is 14.4 Å². The highest BCUT2D eigenvalue weighted by molar-refractivity contribution is 5.70. The van der Waals surface area contributed by atoms with Crippen molar-refractivity contribution >= 4 is 5.97 Å². The van der Waals surface area contributed by atoms with Gasteiger partial charge in [0.25, 0.3) is 0 Å². The molecule has 0 heterocycles. The molecule has 0 radical (unpaired) electrons. The summed E-state index contributed by atoms with van der Waals surface area (Å²) in [7, 11) is 0. The molecule has 2 fully saturated rings. The summed E-state index contributed by atoms with van der Waals surface area (Å²) in [5.41, 5.74) is 1.68. The van der Waals surface area contributed by atoms with E-state index in [1.807, 2.05) is 24.3 Å². The SMILES string of the molecule is C=C[C@@H](CC(=O)ON)c1ccc(OCC2CCC3(CCCCC3)CC2)cc1. The molecule has 0 aromatic heterocycles. The fourth-order valence-corrected chi connectivity index (χ4v) is 4.85. The smallest absolute Gasteiger partial charge is 0.325 e. The summed E-state index contributed by atoms with van der Waals surface area (Å²) in [6, 6.07) is 7.93. The van der Waals surface area contributed by atoms with Crippen molar-refractivity contribution in [1.29, 1.82) is 0 Å². The van der Waals surface area contributed by atoms with Gasteiger partial charge in [-0.2, -0.15) is 5.90 Å². The van der Waals surface area contributed by atoms with E-state index < -0.39 is 5.97 Å². The summed E-state index contributed by atoms with van der Waals surface area (Å²) in [5.74, 6) is 5.96. The molecule has 0 unspecified atom stereocenters. The molecule has 1 aromatic rings. The van der Waals surface area contributed by atoms with Gasteiger partial charge in [-0.05, 0) is 67.6 Å². The van der Waals surface area contributed by atoms with E-state index in [-0.39, 0.29) is 12.3 Å². The number of carbonyl (C=O) groups is 1. The van der Waals surface area contributed by atoms with Crippen LogP contribution in [0.3, 0.4) is 0 Å². The predicted octanol–water partition coefficient (Wildman–Crippen LogP) is 5.28. The number of benzene rings is 1. The van der Waals surface area contributed by atoms with Crippen LogP contribution in [-0.4, -0.2) is 12.6 Å². The van der Waals surface area contributed by atoms with Crippen LogP contribution in [0, 0.1) is 11.3 Å². The van der Waals surface area contributed by atoms with Crippen molar-refractivity contribution in [1.82, 2.24) is 0 Å². The van der Waals surface area contributed by atoms with Crippen molar-refractivity contribution in [2.75, 3.05) is 6.61 Å². The van der Waals surface area contributed by atoms with Gasteiger partial charge in [0.1, 0.15) is 5.75 Å². The molecular formula is C23H33NO3. The zero-order valence-corrected chi connectivity index (χ0v) is 16.3. The quantitative estimate of drug-likeness (QED) is 0.523. The number of ether oxygens (including phenoxy) is 1. The molecule has 2 saturated carbocycles. The molecule has 2 aliphatic carbocycles. The van der Waals surface area contributed by atoms with Gasteiger partial charge in [-0.25, -0.2) is 0 Å². The largest absolute Gasteiger partial charge is 0.493 e. The molecule has 1 spiro atoms. The average Bonchev–Trinajstić information content (AvgIpc) is 2.72. The molecule has 4 nitrogen and oxygen atoms in total. The number of hydrogen-bond acceptors (Lipinski definition) is 4. The van der Waals surface area contributed by atoms with Crippen LogP contribution in [0.1, 0.15) is 75.7 Å². The first-order chi connectivity index (χ1) is 13.1. The fourth-order valence-electron chi connectivity index (χ4n) is 4.85. The maximum Gasteiger partial charge on any atom is 0.325 e. The Balaban J connectivity index is 1.46. The Bertz CT molecular complexity index is 609. The van der Waals surface area contributed by atoms with Gasteiger partial charge < -0.3 is 9.57 Å². The highest BCUT2D eigenvalue weighted by Crippen LogP contribution is 2.48. The Hall–Kier alpha value is -1.81. The molecule has 0 aliphatic heterocycles. The van der Waals surface area contributed by atoms with E-state index in [1.54, 1.807) is 6.08 Å². The molecule has 3 rings (SSSR count). The molecule has 27 heavy (non-hydrogen) atoms. The lowest BCUT2D eigenvalue weighted by Gasteiger charge is -2.43. The van der Waals surface area contributed by atoms with Crippen LogP contribution in [0.15, 0.2) is 36.9 Å². The molecule has 1 atom stereocenters. The van der Waals surface area contributed by atoms with Crippen LogP contribution in [0.5, 0.6) is 5.75 Å². The van der Waals surface area contributed by atoms with E-state index in [0.717, 1.165) is 17.9 Å². The molecule has 2 N–H and O–H groups in total.